The van der Waals surface area contributed by atoms with Crippen molar-refractivity contribution in [2.45, 2.75) is 6.54 Å². The fourth-order valence-corrected chi connectivity index (χ4v) is 2.04. The first-order valence-electron chi connectivity index (χ1n) is 6.61. The number of nitrogens with zero attached hydrogens (tertiary/aromatic N) is 2. The van der Waals surface area contributed by atoms with Crippen molar-refractivity contribution in [1.82, 2.24) is 9.88 Å². The van der Waals surface area contributed by atoms with Gasteiger partial charge in [-0.2, -0.15) is 0 Å². The van der Waals surface area contributed by atoms with Crippen LogP contribution in [0.3, 0.4) is 0 Å². The Kier molecular flexibility index (Phi) is 5.25. The minimum atomic E-state index is -0.205. The second-order valence-corrected chi connectivity index (χ2v) is 4.50. The van der Waals surface area contributed by atoms with E-state index < -0.39 is 0 Å². The summed E-state index contributed by atoms with van der Waals surface area (Å²) in [6.45, 7) is 0.571. The molecule has 0 radical (unpaired) electrons. The number of carbonyl (C=O) groups is 1. The highest BCUT2D eigenvalue weighted by Crippen LogP contribution is 2.16. The molecule has 1 heterocycles. The highest BCUT2D eigenvalue weighted by Gasteiger charge is 2.18. The molecule has 2 rings (SSSR count). The lowest BCUT2D eigenvalue weighted by Gasteiger charge is -2.23. The number of hydrogen-bond donors (Lipinski definition) is 3. The molecular formula is C15H18N4O2. The number of hydrazine groups is 1. The second kappa shape index (κ2) is 7.37. The van der Waals surface area contributed by atoms with E-state index in [9.17, 15) is 9.90 Å². The van der Waals surface area contributed by atoms with E-state index >= 15 is 0 Å². The van der Waals surface area contributed by atoms with Crippen LogP contribution in [0.4, 0.5) is 5.69 Å². The van der Waals surface area contributed by atoms with E-state index in [0.717, 1.165) is 5.56 Å². The number of nitrogens with one attached hydrogen (secondary N) is 1. The van der Waals surface area contributed by atoms with Gasteiger partial charge < -0.3 is 15.4 Å². The van der Waals surface area contributed by atoms with Crippen LogP contribution in [-0.2, 0) is 6.54 Å². The van der Waals surface area contributed by atoms with Crippen LogP contribution in [-0.4, -0.2) is 34.0 Å². The molecule has 1 aromatic carbocycles. The maximum atomic E-state index is 12.6. The molecule has 21 heavy (non-hydrogen) atoms. The van der Waals surface area contributed by atoms with Crippen LogP contribution in [0.1, 0.15) is 15.9 Å². The Bertz CT molecular complexity index is 589. The van der Waals surface area contributed by atoms with E-state index in [0.29, 0.717) is 17.8 Å². The van der Waals surface area contributed by atoms with Crippen molar-refractivity contribution in [1.29, 1.82) is 0 Å². The van der Waals surface area contributed by atoms with Crippen molar-refractivity contribution in [3.05, 3.63) is 59.9 Å². The fraction of sp³-hybridized carbons (Fsp3) is 0.200. The van der Waals surface area contributed by atoms with E-state index in [4.69, 9.17) is 5.84 Å². The second-order valence-electron chi connectivity index (χ2n) is 4.50. The van der Waals surface area contributed by atoms with Crippen LogP contribution in [0.15, 0.2) is 48.8 Å². The Morgan fingerprint density at radius 3 is 2.71 bits per heavy atom. The maximum absolute atomic E-state index is 12.6. The lowest BCUT2D eigenvalue weighted by molar-refractivity contribution is 0.0708. The van der Waals surface area contributed by atoms with Crippen LogP contribution in [0, 0.1) is 0 Å². The van der Waals surface area contributed by atoms with Gasteiger partial charge in [-0.3, -0.25) is 15.6 Å². The highest BCUT2D eigenvalue weighted by atomic mass is 16.3. The SMILES string of the molecule is NNc1cnccc1C(=O)N(CCO)Cc1ccccc1. The summed E-state index contributed by atoms with van der Waals surface area (Å²) in [4.78, 5) is 18.1. The van der Waals surface area contributed by atoms with Gasteiger partial charge in [-0.05, 0) is 11.6 Å². The Hall–Kier alpha value is -2.44. The van der Waals surface area contributed by atoms with Crippen molar-refractivity contribution in [2.24, 2.45) is 5.84 Å². The maximum Gasteiger partial charge on any atom is 0.256 e. The number of benzene rings is 1. The molecule has 4 N–H and O–H groups in total. The van der Waals surface area contributed by atoms with E-state index in [2.05, 4.69) is 10.4 Å². The summed E-state index contributed by atoms with van der Waals surface area (Å²) in [7, 11) is 0. The molecule has 2 aromatic rings. The van der Waals surface area contributed by atoms with Gasteiger partial charge >= 0.3 is 0 Å². The van der Waals surface area contributed by atoms with Crippen LogP contribution < -0.4 is 11.3 Å². The molecule has 0 fully saturated rings. The van der Waals surface area contributed by atoms with Gasteiger partial charge in [0.25, 0.3) is 5.91 Å². The first-order chi connectivity index (χ1) is 10.3. The van der Waals surface area contributed by atoms with Crippen molar-refractivity contribution >= 4 is 11.6 Å². The third kappa shape index (κ3) is 3.77. The number of aromatic nitrogens is 1. The molecule has 0 saturated heterocycles. The molecule has 0 aliphatic carbocycles. The number of aliphatic hydroxyl groups is 1. The van der Waals surface area contributed by atoms with Gasteiger partial charge in [0.2, 0.25) is 0 Å². The number of nitrogens with two attached hydrogens (primary N) is 1. The number of amides is 1. The van der Waals surface area contributed by atoms with E-state index in [-0.39, 0.29) is 19.1 Å². The molecule has 0 atom stereocenters. The molecular weight excluding hydrogens is 268 g/mol. The Labute approximate surface area is 123 Å². The van der Waals surface area contributed by atoms with Crippen LogP contribution in [0.25, 0.3) is 0 Å². The van der Waals surface area contributed by atoms with Gasteiger partial charge in [0.15, 0.2) is 0 Å². The molecule has 6 heteroatoms. The zero-order chi connectivity index (χ0) is 15.1. The lowest BCUT2D eigenvalue weighted by Crippen LogP contribution is -2.33. The van der Waals surface area contributed by atoms with Gasteiger partial charge in [-0.1, -0.05) is 30.3 Å². The Balaban J connectivity index is 2.23. The van der Waals surface area contributed by atoms with E-state index in [1.807, 2.05) is 30.3 Å². The number of pyridine rings is 1. The highest BCUT2D eigenvalue weighted by molar-refractivity contribution is 5.99. The molecule has 0 spiro atoms. The molecule has 0 aliphatic rings. The van der Waals surface area contributed by atoms with Crippen molar-refractivity contribution in [2.75, 3.05) is 18.6 Å². The predicted octanol–water partition coefficient (Wildman–Crippen LogP) is 1.00. The van der Waals surface area contributed by atoms with Gasteiger partial charge in [-0.25, -0.2) is 0 Å². The van der Waals surface area contributed by atoms with Crippen LogP contribution >= 0.6 is 0 Å². The first-order valence-corrected chi connectivity index (χ1v) is 6.61. The summed E-state index contributed by atoms with van der Waals surface area (Å²) in [5, 5.41) is 9.19. The first kappa shape index (κ1) is 15.0. The standard InChI is InChI=1S/C15H18N4O2/c16-18-14-10-17-7-6-13(14)15(21)19(8-9-20)11-12-4-2-1-3-5-12/h1-7,10,18,20H,8-9,11,16H2. The van der Waals surface area contributed by atoms with Crippen molar-refractivity contribution in [3.8, 4) is 0 Å². The van der Waals surface area contributed by atoms with Gasteiger partial charge in [-0.15, -0.1) is 0 Å². The van der Waals surface area contributed by atoms with E-state index in [1.54, 1.807) is 11.0 Å². The minimum Gasteiger partial charge on any atom is -0.395 e. The summed E-state index contributed by atoms with van der Waals surface area (Å²) in [5.74, 6) is 5.20. The normalized spacial score (nSPS) is 10.2. The summed E-state index contributed by atoms with van der Waals surface area (Å²) in [6.07, 6.45) is 3.03. The average Bonchev–Trinajstić information content (AvgIpc) is 2.54. The predicted molar refractivity (Wildman–Crippen MR) is 80.3 cm³/mol. The van der Waals surface area contributed by atoms with E-state index in [1.165, 1.54) is 12.4 Å². The van der Waals surface area contributed by atoms with Crippen molar-refractivity contribution in [3.63, 3.8) is 0 Å². The Morgan fingerprint density at radius 2 is 2.05 bits per heavy atom. The van der Waals surface area contributed by atoms with Gasteiger partial charge in [0, 0.05) is 19.3 Å². The van der Waals surface area contributed by atoms with Crippen LogP contribution in [0.5, 0.6) is 0 Å². The third-order valence-electron chi connectivity index (χ3n) is 3.08. The molecule has 1 aromatic heterocycles. The topological polar surface area (TPSA) is 91.5 Å². The molecule has 110 valence electrons. The molecule has 6 nitrogen and oxygen atoms in total. The smallest absolute Gasteiger partial charge is 0.256 e. The number of rotatable bonds is 6. The van der Waals surface area contributed by atoms with Crippen molar-refractivity contribution < 1.29 is 9.90 Å². The molecule has 0 aliphatic heterocycles. The summed E-state index contributed by atoms with van der Waals surface area (Å²) < 4.78 is 0. The number of anilines is 1. The number of nitrogen functional groups attached to an aromatic ring is 1. The Morgan fingerprint density at radius 1 is 1.29 bits per heavy atom. The van der Waals surface area contributed by atoms with Crippen LogP contribution in [0.2, 0.25) is 0 Å². The third-order valence-corrected chi connectivity index (χ3v) is 3.08. The summed E-state index contributed by atoms with van der Waals surface area (Å²) in [5.41, 5.74) is 4.35. The lowest BCUT2D eigenvalue weighted by atomic mass is 10.1. The molecule has 0 bridgehead atoms. The number of carbonyl (C=O) groups excluding carboxylic acids is 1. The number of aliphatic hydroxyl groups excluding tert-OH is 1. The minimum absolute atomic E-state index is 0.102. The fourth-order valence-electron chi connectivity index (χ4n) is 2.04. The quantitative estimate of drug-likeness (QED) is 0.544. The summed E-state index contributed by atoms with van der Waals surface area (Å²) in [6, 6.07) is 11.2. The monoisotopic (exact) mass is 286 g/mol. The van der Waals surface area contributed by atoms with Gasteiger partial charge in [0.05, 0.1) is 24.1 Å². The zero-order valence-electron chi connectivity index (χ0n) is 11.6. The molecule has 0 unspecified atom stereocenters. The molecule has 0 saturated carbocycles. The average molecular weight is 286 g/mol. The molecule has 1 amide bonds. The largest absolute Gasteiger partial charge is 0.395 e. The zero-order valence-corrected chi connectivity index (χ0v) is 11.6. The number of hydrogen-bond acceptors (Lipinski definition) is 5. The summed E-state index contributed by atoms with van der Waals surface area (Å²) >= 11 is 0. The van der Waals surface area contributed by atoms with Gasteiger partial charge in [0.1, 0.15) is 0 Å².